The van der Waals surface area contributed by atoms with Crippen molar-refractivity contribution in [3.8, 4) is 0 Å². The highest BCUT2D eigenvalue weighted by molar-refractivity contribution is 7.47. The van der Waals surface area contributed by atoms with E-state index < -0.39 is 32.7 Å². The van der Waals surface area contributed by atoms with Crippen LogP contribution in [-0.2, 0) is 18.4 Å². The van der Waals surface area contributed by atoms with Gasteiger partial charge in [0.2, 0.25) is 5.91 Å². The first-order chi connectivity index (χ1) is 30.4. The van der Waals surface area contributed by atoms with Crippen LogP contribution in [0.25, 0.3) is 0 Å². The Morgan fingerprint density at radius 3 is 1.44 bits per heavy atom. The topological polar surface area (TPSA) is 125 Å². The molecule has 4 atom stereocenters. The van der Waals surface area contributed by atoms with E-state index in [1.54, 1.807) is 0 Å². The third kappa shape index (κ3) is 45.4. The van der Waals surface area contributed by atoms with E-state index in [1.165, 1.54) is 141 Å². The molecular formula is C53H102N2O7P+. The number of hydrogen-bond acceptors (Lipinski definition) is 6. The Morgan fingerprint density at radius 1 is 0.556 bits per heavy atom. The van der Waals surface area contributed by atoms with Crippen LogP contribution in [0, 0.1) is 0 Å². The minimum absolute atomic E-state index is 0.0132. The Labute approximate surface area is 389 Å². The van der Waals surface area contributed by atoms with Gasteiger partial charge in [0.1, 0.15) is 19.3 Å². The monoisotopic (exact) mass is 910 g/mol. The van der Waals surface area contributed by atoms with Crippen LogP contribution in [-0.4, -0.2) is 84.6 Å². The van der Waals surface area contributed by atoms with Gasteiger partial charge in [-0.1, -0.05) is 184 Å². The highest BCUT2D eigenvalue weighted by Gasteiger charge is 2.31. The first-order valence-corrected chi connectivity index (χ1v) is 27.6. The number of nitrogens with zero attached hydrogens (tertiary/aromatic N) is 1. The van der Waals surface area contributed by atoms with E-state index in [-0.39, 0.29) is 18.9 Å². The molecule has 0 saturated carbocycles. The van der Waals surface area contributed by atoms with Gasteiger partial charge in [-0.25, -0.2) is 4.57 Å². The summed E-state index contributed by atoms with van der Waals surface area (Å²) in [4.78, 5) is 23.2. The highest BCUT2D eigenvalue weighted by Crippen LogP contribution is 2.43. The predicted molar refractivity (Wildman–Crippen MR) is 269 cm³/mol. The van der Waals surface area contributed by atoms with Crippen LogP contribution in [0.5, 0.6) is 0 Å². The summed E-state index contributed by atoms with van der Waals surface area (Å²) < 4.78 is 23.5. The second-order valence-electron chi connectivity index (χ2n) is 19.0. The second kappa shape index (κ2) is 44.3. The lowest BCUT2D eigenvalue weighted by Gasteiger charge is -2.28. The minimum atomic E-state index is -4.43. The maximum Gasteiger partial charge on any atom is 0.472 e. The summed E-state index contributed by atoms with van der Waals surface area (Å²) in [6.45, 7) is 4.54. The Kier molecular flexibility index (Phi) is 43.2. The summed E-state index contributed by atoms with van der Waals surface area (Å²) >= 11 is 0. The molecule has 0 rings (SSSR count). The van der Waals surface area contributed by atoms with Crippen LogP contribution in [0.2, 0.25) is 0 Å². The number of amides is 1. The number of aliphatic hydroxyl groups excluding tert-OH is 2. The number of quaternary nitrogens is 1. The molecule has 0 bridgehead atoms. The van der Waals surface area contributed by atoms with Crippen LogP contribution in [0.1, 0.15) is 226 Å². The van der Waals surface area contributed by atoms with Crippen molar-refractivity contribution in [3.63, 3.8) is 0 Å². The minimum Gasteiger partial charge on any atom is -0.390 e. The number of likely N-dealkylation sites (N-methyl/N-ethyl adjacent to an activating group) is 1. The van der Waals surface area contributed by atoms with Gasteiger partial charge in [-0.2, -0.15) is 0 Å². The molecule has 0 fully saturated rings. The van der Waals surface area contributed by atoms with Gasteiger partial charge in [-0.15, -0.1) is 0 Å². The van der Waals surface area contributed by atoms with Crippen molar-refractivity contribution in [1.29, 1.82) is 0 Å². The third-order valence-electron chi connectivity index (χ3n) is 11.6. The SMILES string of the molecule is CCCCC/C=C/CC/C=C/CCCC(O)C(O)C(COP(=O)(O)OCC[N+](C)(C)C)NC(=O)CCCCCCCCCCCCCCCCC/C=C\C/C=C\CCCCCCC. The van der Waals surface area contributed by atoms with E-state index in [1.807, 2.05) is 21.1 Å². The van der Waals surface area contributed by atoms with Crippen molar-refractivity contribution in [2.75, 3.05) is 40.9 Å². The van der Waals surface area contributed by atoms with Crippen molar-refractivity contribution in [2.45, 2.75) is 244 Å². The summed E-state index contributed by atoms with van der Waals surface area (Å²) in [6.07, 6.45) is 53.4. The molecule has 0 radical (unpaired) electrons. The molecule has 1 amide bonds. The van der Waals surface area contributed by atoms with Crippen LogP contribution in [0.15, 0.2) is 48.6 Å². The van der Waals surface area contributed by atoms with Crippen molar-refractivity contribution in [2.24, 2.45) is 0 Å². The predicted octanol–water partition coefficient (Wildman–Crippen LogP) is 14.2. The van der Waals surface area contributed by atoms with Gasteiger partial charge in [0, 0.05) is 6.42 Å². The fourth-order valence-electron chi connectivity index (χ4n) is 7.42. The lowest BCUT2D eigenvalue weighted by Crippen LogP contribution is -2.51. The maximum atomic E-state index is 13.0. The third-order valence-corrected chi connectivity index (χ3v) is 12.6. The zero-order chi connectivity index (χ0) is 46.5. The molecule has 0 spiro atoms. The quantitative estimate of drug-likeness (QED) is 0.0207. The number of rotatable bonds is 47. The van der Waals surface area contributed by atoms with Gasteiger partial charge in [0.25, 0.3) is 0 Å². The fraction of sp³-hybridized carbons (Fsp3) is 0.830. The molecule has 4 N–H and O–H groups in total. The second-order valence-corrected chi connectivity index (χ2v) is 20.5. The molecule has 0 aromatic rings. The molecule has 0 aliphatic rings. The molecule has 4 unspecified atom stereocenters. The maximum absolute atomic E-state index is 13.0. The van der Waals surface area contributed by atoms with Gasteiger partial charge in [-0.05, 0) is 83.5 Å². The number of hydrogen-bond donors (Lipinski definition) is 4. The smallest absolute Gasteiger partial charge is 0.390 e. The van der Waals surface area contributed by atoms with Crippen molar-refractivity contribution in [3.05, 3.63) is 48.6 Å². The number of aliphatic hydroxyl groups is 2. The number of unbranched alkanes of at least 4 members (excludes halogenated alkanes) is 25. The van der Waals surface area contributed by atoms with Crippen LogP contribution in [0.4, 0.5) is 0 Å². The number of phosphoric acid groups is 1. The van der Waals surface area contributed by atoms with Crippen LogP contribution in [0.3, 0.4) is 0 Å². The Bertz CT molecular complexity index is 1180. The molecule has 370 valence electrons. The first-order valence-electron chi connectivity index (χ1n) is 26.1. The standard InChI is InChI=1S/C53H101N2O7P/c1-6-8-10-12-14-16-18-20-21-22-23-24-25-26-27-28-29-30-31-32-33-34-36-38-40-42-44-46-52(57)54-50(49-62-63(59,60)61-48-47-55(3,4)5)53(58)51(56)45-43-41-39-37-35-19-17-15-13-11-9-7-2/h15,17-18,20,22-23,37,39,50-51,53,56,58H,6-14,16,19,21,24-36,38,40-49H2,1-5H3,(H-,54,57,59,60)/p+1/b17-15+,20-18-,23-22-,39-37+. The zero-order valence-electron chi connectivity index (χ0n) is 41.7. The van der Waals surface area contributed by atoms with Crippen LogP contribution < -0.4 is 5.32 Å². The summed E-state index contributed by atoms with van der Waals surface area (Å²) in [5.41, 5.74) is 0. The number of nitrogens with one attached hydrogen (secondary N) is 1. The Hall–Kier alpha value is -1.58. The van der Waals surface area contributed by atoms with Crippen molar-refractivity contribution < 1.29 is 38.0 Å². The van der Waals surface area contributed by atoms with Gasteiger partial charge in [0.05, 0.1) is 39.9 Å². The highest BCUT2D eigenvalue weighted by atomic mass is 31.2. The molecule has 0 saturated heterocycles. The van der Waals surface area contributed by atoms with Gasteiger partial charge >= 0.3 is 7.82 Å². The van der Waals surface area contributed by atoms with Gasteiger partial charge in [-0.3, -0.25) is 13.8 Å². The average molecular weight is 910 g/mol. The van der Waals surface area contributed by atoms with E-state index in [0.717, 1.165) is 51.4 Å². The molecule has 9 nitrogen and oxygen atoms in total. The van der Waals surface area contributed by atoms with E-state index in [2.05, 4.69) is 67.8 Å². The Balaban J connectivity index is 4.25. The molecule has 0 aromatic heterocycles. The summed E-state index contributed by atoms with van der Waals surface area (Å²) in [5, 5.41) is 24.7. The molecule has 0 aliphatic heterocycles. The van der Waals surface area contributed by atoms with Crippen molar-refractivity contribution >= 4 is 13.7 Å². The van der Waals surface area contributed by atoms with E-state index in [9.17, 15) is 24.5 Å². The lowest BCUT2D eigenvalue weighted by molar-refractivity contribution is -0.870. The molecular weight excluding hydrogens is 808 g/mol. The summed E-state index contributed by atoms with van der Waals surface area (Å²) in [6, 6.07) is -1.06. The zero-order valence-corrected chi connectivity index (χ0v) is 42.6. The summed E-state index contributed by atoms with van der Waals surface area (Å²) in [7, 11) is 1.41. The van der Waals surface area contributed by atoms with Gasteiger partial charge < -0.3 is 24.9 Å². The van der Waals surface area contributed by atoms with Crippen molar-refractivity contribution in [1.82, 2.24) is 5.32 Å². The van der Waals surface area contributed by atoms with E-state index in [4.69, 9.17) is 9.05 Å². The average Bonchev–Trinajstić information content (AvgIpc) is 3.24. The molecule has 10 heteroatoms. The van der Waals surface area contributed by atoms with E-state index in [0.29, 0.717) is 23.9 Å². The van der Waals surface area contributed by atoms with Crippen LogP contribution >= 0.6 is 7.82 Å². The van der Waals surface area contributed by atoms with Gasteiger partial charge in [0.15, 0.2) is 0 Å². The molecule has 0 heterocycles. The number of allylic oxidation sites excluding steroid dienone is 8. The normalized spacial score (nSPS) is 15.0. The Morgan fingerprint density at radius 2 is 0.952 bits per heavy atom. The number of carbonyl (C=O) groups excluding carboxylic acids is 1. The fourth-order valence-corrected chi connectivity index (χ4v) is 8.16. The van der Waals surface area contributed by atoms with E-state index >= 15 is 0 Å². The molecule has 0 aromatic carbocycles. The first kappa shape index (κ1) is 61.4. The number of phosphoric ester groups is 1. The molecule has 63 heavy (non-hydrogen) atoms. The number of carbonyl (C=O) groups is 1. The lowest BCUT2D eigenvalue weighted by atomic mass is 10.0. The molecule has 0 aliphatic carbocycles. The summed E-state index contributed by atoms with van der Waals surface area (Å²) in [5.74, 6) is -0.273. The largest absolute Gasteiger partial charge is 0.472 e.